The molecule has 0 spiro atoms. The Morgan fingerprint density at radius 1 is 0.556 bits per heavy atom. The maximum absolute atomic E-state index is 8.53. The molecule has 0 radical (unpaired) electrons. The Kier molecular flexibility index (Phi) is 23.5. The minimum Gasteiger partial charge on any atom is -0.394 e. The van der Waals surface area contributed by atoms with Crippen molar-refractivity contribution in [1.29, 1.82) is 0 Å². The van der Waals surface area contributed by atoms with Crippen molar-refractivity contribution >= 4 is 0 Å². The van der Waals surface area contributed by atoms with Crippen LogP contribution in [-0.2, 0) is 28.4 Å². The number of ether oxygens (including phenoxy) is 6. The molecule has 0 fully saturated rings. The fraction of sp³-hybridized carbons (Fsp3) is 1.00. The largest absolute Gasteiger partial charge is 0.394 e. The summed E-state index contributed by atoms with van der Waals surface area (Å²) in [5, 5.41) is 8.53. The van der Waals surface area contributed by atoms with Crippen LogP contribution in [0.15, 0.2) is 0 Å². The lowest BCUT2D eigenvalue weighted by atomic mass is 10.1. The number of hydrogen-bond acceptors (Lipinski definition) is 7. The molecule has 27 heavy (non-hydrogen) atoms. The van der Waals surface area contributed by atoms with Crippen molar-refractivity contribution in [3.8, 4) is 0 Å². The van der Waals surface area contributed by atoms with Gasteiger partial charge in [-0.05, 0) is 12.8 Å². The summed E-state index contributed by atoms with van der Waals surface area (Å²) in [4.78, 5) is 0. The van der Waals surface area contributed by atoms with Gasteiger partial charge in [0.2, 0.25) is 0 Å². The summed E-state index contributed by atoms with van der Waals surface area (Å²) in [5.41, 5.74) is 0. The lowest BCUT2D eigenvalue weighted by molar-refractivity contribution is -0.0285. The van der Waals surface area contributed by atoms with E-state index in [2.05, 4.69) is 13.8 Å². The van der Waals surface area contributed by atoms with E-state index in [0.29, 0.717) is 78.8 Å². The van der Waals surface area contributed by atoms with Crippen LogP contribution >= 0.6 is 0 Å². The first-order valence-corrected chi connectivity index (χ1v) is 10.5. The SMILES string of the molecule is CCCCC(CCC)OCCOCCOCCOCCOCCOCCO. The second kappa shape index (κ2) is 23.8. The molecule has 0 saturated heterocycles. The van der Waals surface area contributed by atoms with E-state index in [-0.39, 0.29) is 6.61 Å². The number of aliphatic hydroxyl groups excluding tert-OH is 1. The highest BCUT2D eigenvalue weighted by Crippen LogP contribution is 2.10. The number of unbranched alkanes of at least 4 members (excludes halogenated alkanes) is 1. The van der Waals surface area contributed by atoms with Gasteiger partial charge in [0.05, 0.1) is 85.4 Å². The van der Waals surface area contributed by atoms with Crippen LogP contribution in [0.2, 0.25) is 0 Å². The molecule has 0 saturated carbocycles. The zero-order valence-electron chi connectivity index (χ0n) is 17.5. The highest BCUT2D eigenvalue weighted by Gasteiger charge is 2.06. The van der Waals surface area contributed by atoms with Crippen LogP contribution in [0.4, 0.5) is 0 Å². The smallest absolute Gasteiger partial charge is 0.0704 e. The van der Waals surface area contributed by atoms with Crippen LogP contribution in [0.3, 0.4) is 0 Å². The quantitative estimate of drug-likeness (QED) is 0.267. The molecule has 0 aromatic rings. The normalized spacial score (nSPS) is 12.6. The first-order chi connectivity index (χ1) is 13.3. The van der Waals surface area contributed by atoms with Crippen molar-refractivity contribution in [2.45, 2.75) is 52.1 Å². The zero-order valence-corrected chi connectivity index (χ0v) is 17.5. The van der Waals surface area contributed by atoms with Gasteiger partial charge in [-0.1, -0.05) is 33.1 Å². The molecular formula is C20H42O7. The van der Waals surface area contributed by atoms with E-state index in [1.807, 2.05) is 0 Å². The van der Waals surface area contributed by atoms with Crippen molar-refractivity contribution < 1.29 is 33.5 Å². The third kappa shape index (κ3) is 21.9. The third-order valence-electron chi connectivity index (χ3n) is 3.80. The molecule has 1 atom stereocenters. The summed E-state index contributed by atoms with van der Waals surface area (Å²) in [6.45, 7) is 10.4. The average molecular weight is 395 g/mol. The Morgan fingerprint density at radius 3 is 1.41 bits per heavy atom. The molecule has 0 rings (SSSR count). The Balaban J connectivity index is 3.17. The van der Waals surface area contributed by atoms with Crippen LogP contribution in [0.1, 0.15) is 46.0 Å². The first kappa shape index (κ1) is 26.7. The van der Waals surface area contributed by atoms with E-state index in [1.165, 1.54) is 12.8 Å². The van der Waals surface area contributed by atoms with Crippen LogP contribution in [0.25, 0.3) is 0 Å². The lowest BCUT2D eigenvalue weighted by Crippen LogP contribution is -2.17. The van der Waals surface area contributed by atoms with Gasteiger partial charge in [-0.15, -0.1) is 0 Å². The second-order valence-electron chi connectivity index (χ2n) is 6.21. The summed E-state index contributed by atoms with van der Waals surface area (Å²) in [6, 6.07) is 0. The van der Waals surface area contributed by atoms with Crippen molar-refractivity contribution in [3.05, 3.63) is 0 Å². The second-order valence-corrected chi connectivity index (χ2v) is 6.21. The monoisotopic (exact) mass is 394 g/mol. The Morgan fingerprint density at radius 2 is 1.00 bits per heavy atom. The van der Waals surface area contributed by atoms with Crippen LogP contribution in [0, 0.1) is 0 Å². The Labute approximate surface area is 165 Å². The summed E-state index contributed by atoms with van der Waals surface area (Å²) in [6.07, 6.45) is 6.27. The first-order valence-electron chi connectivity index (χ1n) is 10.5. The molecular weight excluding hydrogens is 352 g/mol. The molecule has 7 heteroatoms. The topological polar surface area (TPSA) is 75.6 Å². The minimum absolute atomic E-state index is 0.0421. The molecule has 0 aromatic heterocycles. The van der Waals surface area contributed by atoms with Crippen LogP contribution in [0.5, 0.6) is 0 Å². The van der Waals surface area contributed by atoms with Gasteiger partial charge >= 0.3 is 0 Å². The Hall–Kier alpha value is -0.280. The summed E-state index contributed by atoms with van der Waals surface area (Å²) >= 11 is 0. The zero-order chi connectivity index (χ0) is 19.8. The average Bonchev–Trinajstić information content (AvgIpc) is 2.68. The molecule has 7 nitrogen and oxygen atoms in total. The molecule has 164 valence electrons. The van der Waals surface area contributed by atoms with Crippen molar-refractivity contribution in [2.75, 3.05) is 79.3 Å². The Bertz CT molecular complexity index is 267. The fourth-order valence-corrected chi connectivity index (χ4v) is 2.38. The fourth-order valence-electron chi connectivity index (χ4n) is 2.38. The lowest BCUT2D eigenvalue weighted by Gasteiger charge is -2.17. The van der Waals surface area contributed by atoms with Gasteiger partial charge < -0.3 is 33.5 Å². The maximum Gasteiger partial charge on any atom is 0.0704 e. The van der Waals surface area contributed by atoms with E-state index >= 15 is 0 Å². The molecule has 0 aliphatic rings. The van der Waals surface area contributed by atoms with Gasteiger partial charge in [-0.2, -0.15) is 0 Å². The standard InChI is InChI=1S/C20H42O7/c1-3-5-7-20(6-4-2)27-19-18-26-17-16-25-15-14-24-13-12-23-11-10-22-9-8-21/h20-21H,3-19H2,1-2H3. The van der Waals surface area contributed by atoms with Gasteiger partial charge in [0, 0.05) is 0 Å². The van der Waals surface area contributed by atoms with Gasteiger partial charge in [-0.3, -0.25) is 0 Å². The van der Waals surface area contributed by atoms with Crippen molar-refractivity contribution in [2.24, 2.45) is 0 Å². The van der Waals surface area contributed by atoms with Crippen LogP contribution in [-0.4, -0.2) is 90.5 Å². The molecule has 0 aliphatic carbocycles. The van der Waals surface area contributed by atoms with Crippen molar-refractivity contribution in [3.63, 3.8) is 0 Å². The summed E-state index contributed by atoms with van der Waals surface area (Å²) < 4.78 is 32.6. The summed E-state index contributed by atoms with van der Waals surface area (Å²) in [7, 11) is 0. The molecule has 1 unspecified atom stereocenters. The van der Waals surface area contributed by atoms with Gasteiger partial charge in [0.1, 0.15) is 0 Å². The minimum atomic E-state index is 0.0421. The van der Waals surface area contributed by atoms with E-state index < -0.39 is 0 Å². The molecule has 1 N–H and O–H groups in total. The molecule has 0 heterocycles. The number of rotatable bonds is 23. The molecule has 0 amide bonds. The van der Waals surface area contributed by atoms with Crippen LogP contribution < -0.4 is 0 Å². The van der Waals surface area contributed by atoms with E-state index in [4.69, 9.17) is 33.5 Å². The van der Waals surface area contributed by atoms with Crippen molar-refractivity contribution in [1.82, 2.24) is 0 Å². The molecule has 0 aliphatic heterocycles. The summed E-state index contributed by atoms with van der Waals surface area (Å²) in [5.74, 6) is 0. The molecule has 0 aromatic carbocycles. The number of hydrogen-bond donors (Lipinski definition) is 1. The van der Waals surface area contributed by atoms with Gasteiger partial charge in [0.25, 0.3) is 0 Å². The number of aliphatic hydroxyl groups is 1. The third-order valence-corrected chi connectivity index (χ3v) is 3.80. The highest BCUT2D eigenvalue weighted by molar-refractivity contribution is 4.57. The predicted octanol–water partition coefficient (Wildman–Crippen LogP) is 2.44. The van der Waals surface area contributed by atoms with Gasteiger partial charge in [-0.25, -0.2) is 0 Å². The van der Waals surface area contributed by atoms with E-state index in [1.54, 1.807) is 0 Å². The molecule has 0 bridgehead atoms. The predicted molar refractivity (Wildman–Crippen MR) is 105 cm³/mol. The van der Waals surface area contributed by atoms with E-state index in [0.717, 1.165) is 19.3 Å². The maximum atomic E-state index is 8.53. The van der Waals surface area contributed by atoms with E-state index in [9.17, 15) is 0 Å². The van der Waals surface area contributed by atoms with Gasteiger partial charge in [0.15, 0.2) is 0 Å². The highest BCUT2D eigenvalue weighted by atomic mass is 16.6.